The number of esters is 1. The Morgan fingerprint density at radius 1 is 0.883 bits per heavy atom. The molecule has 0 aliphatic heterocycles. The topological polar surface area (TPSA) is 197 Å². The van der Waals surface area contributed by atoms with Crippen LogP contribution in [0.4, 0.5) is 31.3 Å². The van der Waals surface area contributed by atoms with E-state index in [0.29, 0.717) is 22.5 Å². The van der Waals surface area contributed by atoms with Crippen LogP contribution in [0.25, 0.3) is 16.8 Å². The lowest BCUT2D eigenvalue weighted by atomic mass is 9.88. The molecule has 318 valence electrons. The van der Waals surface area contributed by atoms with Crippen LogP contribution in [0.1, 0.15) is 59.9 Å². The van der Waals surface area contributed by atoms with Crippen LogP contribution in [-0.2, 0) is 33.6 Å². The van der Waals surface area contributed by atoms with E-state index in [1.807, 2.05) is 0 Å². The van der Waals surface area contributed by atoms with Crippen LogP contribution >= 0.6 is 0 Å². The van der Waals surface area contributed by atoms with Gasteiger partial charge in [0.1, 0.15) is 22.7 Å². The predicted octanol–water partition coefficient (Wildman–Crippen LogP) is 7.40. The van der Waals surface area contributed by atoms with Gasteiger partial charge >= 0.3 is 18.2 Å². The molecule has 3 aromatic carbocycles. The average molecular weight is 847 g/mol. The molecule has 2 aromatic heterocycles. The monoisotopic (exact) mass is 846 g/mol. The molecular formula is C42H47FN6O10S. The van der Waals surface area contributed by atoms with E-state index >= 15 is 0 Å². The molecule has 0 unspecified atom stereocenters. The van der Waals surface area contributed by atoms with Crippen molar-refractivity contribution in [2.24, 2.45) is 5.92 Å². The maximum Gasteiger partial charge on any atom is 0.424 e. The summed E-state index contributed by atoms with van der Waals surface area (Å²) in [5, 5.41) is 9.94. The van der Waals surface area contributed by atoms with Gasteiger partial charge in [-0.25, -0.2) is 36.6 Å². The van der Waals surface area contributed by atoms with Gasteiger partial charge in [0.2, 0.25) is 12.7 Å². The van der Waals surface area contributed by atoms with E-state index in [-0.39, 0.29) is 34.0 Å². The number of hydrogen-bond acceptors (Lipinski definition) is 12. The fourth-order valence-corrected chi connectivity index (χ4v) is 6.33. The van der Waals surface area contributed by atoms with Crippen molar-refractivity contribution in [3.63, 3.8) is 0 Å². The van der Waals surface area contributed by atoms with E-state index in [0.717, 1.165) is 16.7 Å². The summed E-state index contributed by atoms with van der Waals surface area (Å²) < 4.78 is 61.1. The first-order chi connectivity index (χ1) is 28.1. The van der Waals surface area contributed by atoms with Gasteiger partial charge in [-0.3, -0.25) is 4.79 Å². The number of nitrogens with one attached hydrogen (secondary N) is 2. The molecule has 0 fully saturated rings. The number of halogens is 1. The third-order valence-electron chi connectivity index (χ3n) is 9.48. The van der Waals surface area contributed by atoms with E-state index in [1.165, 1.54) is 48.9 Å². The Labute approximate surface area is 346 Å². The average Bonchev–Trinajstić information content (AvgIpc) is 3.60. The number of anilines is 3. The molecule has 0 saturated carbocycles. The number of pyridine rings is 1. The Bertz CT molecular complexity index is 2500. The summed E-state index contributed by atoms with van der Waals surface area (Å²) in [6.45, 7) is 10.7. The number of fused-ring (bicyclic) bond motifs is 1. The second-order valence-corrected chi connectivity index (χ2v) is 17.4. The van der Waals surface area contributed by atoms with E-state index < -0.39 is 57.8 Å². The highest BCUT2D eigenvalue weighted by atomic mass is 32.2. The molecule has 2 heterocycles. The summed E-state index contributed by atoms with van der Waals surface area (Å²) in [6, 6.07) is 20.1. The lowest BCUT2D eigenvalue weighted by molar-refractivity contribution is -0.161. The van der Waals surface area contributed by atoms with Gasteiger partial charge in [-0.2, -0.15) is 4.98 Å². The van der Waals surface area contributed by atoms with Crippen LogP contribution in [0.3, 0.4) is 0 Å². The van der Waals surface area contributed by atoms with Crippen LogP contribution in [0, 0.1) is 11.7 Å². The van der Waals surface area contributed by atoms with E-state index in [2.05, 4.69) is 20.7 Å². The highest BCUT2D eigenvalue weighted by Gasteiger charge is 2.41. The number of alkyl carbamates (subject to hydrolysis) is 1. The van der Waals surface area contributed by atoms with Crippen molar-refractivity contribution in [1.82, 2.24) is 19.9 Å². The van der Waals surface area contributed by atoms with E-state index in [1.54, 1.807) is 96.3 Å². The highest BCUT2D eigenvalue weighted by Crippen LogP contribution is 2.36. The molecular weight excluding hydrogens is 800 g/mol. The quantitative estimate of drug-likeness (QED) is 0.0881. The number of rotatable bonds is 13. The number of hydrogen-bond donors (Lipinski definition) is 2. The molecule has 0 bridgehead atoms. The maximum atomic E-state index is 13.9. The zero-order chi connectivity index (χ0) is 44.2. The highest BCUT2D eigenvalue weighted by molar-refractivity contribution is 7.90. The summed E-state index contributed by atoms with van der Waals surface area (Å²) in [4.78, 5) is 58.1. The maximum absolute atomic E-state index is 13.9. The van der Waals surface area contributed by atoms with E-state index in [4.69, 9.17) is 18.9 Å². The number of benzene rings is 3. The molecule has 18 heteroatoms. The largest absolute Gasteiger partial charge is 0.495 e. The van der Waals surface area contributed by atoms with Crippen LogP contribution < -0.4 is 20.3 Å². The minimum absolute atomic E-state index is 0.00218. The Morgan fingerprint density at radius 3 is 2.13 bits per heavy atom. The van der Waals surface area contributed by atoms with Gasteiger partial charge < -0.3 is 29.6 Å². The SMILES string of the molecule is COc1cc(S(C)(=O)=O)ccc1N(C(=O)OCOC(=O)[C@@](C)(NC(=O)OC(C)(C)C)C(C)C)c1nc2ccc(-c3ccc(NC(=O)[C@H](C)c4ccc(F)cc4)cc3)cn2n1. The van der Waals surface area contributed by atoms with Crippen molar-refractivity contribution in [2.45, 2.75) is 70.4 Å². The van der Waals surface area contributed by atoms with Gasteiger partial charge in [-0.05, 0) is 100 Å². The van der Waals surface area contributed by atoms with Gasteiger partial charge in [0.05, 0.1) is 23.6 Å². The molecule has 0 aliphatic carbocycles. The van der Waals surface area contributed by atoms with Crippen molar-refractivity contribution in [3.8, 4) is 16.9 Å². The zero-order valence-corrected chi connectivity index (χ0v) is 35.4. The van der Waals surface area contributed by atoms with Gasteiger partial charge in [-0.15, -0.1) is 5.10 Å². The molecule has 5 rings (SSSR count). The number of sulfone groups is 1. The standard InChI is InChI=1S/C42H47FN6O10S/c1-25(2)42(7,46-39(52)59-41(4,5)6)37(51)57-24-58-40(53)49(33-20-19-32(60(9,54)55)22-34(33)56-8)38-45-35-21-14-29(23-48(35)47-38)28-12-17-31(18-13-28)44-36(50)26(3)27-10-15-30(43)16-11-27/h10-23,25-26H,24H2,1-9H3,(H,44,50)(H,46,52)/t26-,42+/m1/s1. The molecule has 16 nitrogen and oxygen atoms in total. The first-order valence-corrected chi connectivity index (χ1v) is 20.6. The Hall–Kier alpha value is -6.56. The number of amides is 3. The normalized spacial score (nSPS) is 13.2. The first-order valence-electron chi connectivity index (χ1n) is 18.7. The summed E-state index contributed by atoms with van der Waals surface area (Å²) in [5.74, 6) is -2.81. The number of methoxy groups -OCH3 is 1. The fourth-order valence-electron chi connectivity index (χ4n) is 5.69. The number of carbonyl (C=O) groups excluding carboxylic acids is 4. The number of ether oxygens (including phenoxy) is 4. The van der Waals surface area contributed by atoms with Crippen LogP contribution in [-0.4, -0.2) is 78.4 Å². The molecule has 0 saturated heterocycles. The van der Waals surface area contributed by atoms with Crippen molar-refractivity contribution >= 4 is 56.9 Å². The molecule has 60 heavy (non-hydrogen) atoms. The smallest absolute Gasteiger partial charge is 0.424 e. The van der Waals surface area contributed by atoms with Gasteiger partial charge in [-0.1, -0.05) is 38.1 Å². The van der Waals surface area contributed by atoms with Gasteiger partial charge in [0.15, 0.2) is 15.5 Å². The Morgan fingerprint density at radius 2 is 1.53 bits per heavy atom. The van der Waals surface area contributed by atoms with Crippen molar-refractivity contribution in [1.29, 1.82) is 0 Å². The third-order valence-corrected chi connectivity index (χ3v) is 10.6. The summed E-state index contributed by atoms with van der Waals surface area (Å²) in [7, 11) is -2.40. The molecule has 0 aliphatic rings. The summed E-state index contributed by atoms with van der Waals surface area (Å²) in [5.41, 5.74) is 0.572. The van der Waals surface area contributed by atoms with Crippen molar-refractivity contribution in [3.05, 3.63) is 96.4 Å². The van der Waals surface area contributed by atoms with Crippen LogP contribution in [0.2, 0.25) is 0 Å². The van der Waals surface area contributed by atoms with Gasteiger partial charge in [0, 0.05) is 29.8 Å². The number of nitrogens with zero attached hydrogens (tertiary/aromatic N) is 4. The van der Waals surface area contributed by atoms with Crippen molar-refractivity contribution < 1.29 is 50.9 Å². The van der Waals surface area contributed by atoms with Gasteiger partial charge in [0.25, 0.3) is 5.95 Å². The van der Waals surface area contributed by atoms with Crippen LogP contribution in [0.15, 0.2) is 90.0 Å². The predicted molar refractivity (Wildman–Crippen MR) is 220 cm³/mol. The molecule has 0 spiro atoms. The molecule has 2 N–H and O–H groups in total. The molecule has 2 atom stereocenters. The first kappa shape index (κ1) is 44.5. The second kappa shape index (κ2) is 17.7. The minimum Gasteiger partial charge on any atom is -0.495 e. The molecule has 3 amide bonds. The lowest BCUT2D eigenvalue weighted by Gasteiger charge is -2.33. The number of carbonyl (C=O) groups is 4. The zero-order valence-electron chi connectivity index (χ0n) is 34.6. The van der Waals surface area contributed by atoms with E-state index in [9.17, 15) is 32.0 Å². The summed E-state index contributed by atoms with van der Waals surface area (Å²) >= 11 is 0. The molecule has 5 aromatic rings. The summed E-state index contributed by atoms with van der Waals surface area (Å²) in [6.07, 6.45) is 0.712. The minimum atomic E-state index is -3.68. The third kappa shape index (κ3) is 10.5. The molecule has 0 radical (unpaired) electrons. The van der Waals surface area contributed by atoms with Crippen molar-refractivity contribution in [2.75, 3.05) is 30.4 Å². The second-order valence-electron chi connectivity index (χ2n) is 15.4. The Balaban J connectivity index is 1.39. The Kier molecular flexibility index (Phi) is 13.2. The van der Waals surface area contributed by atoms with Crippen LogP contribution in [0.5, 0.6) is 5.75 Å². The number of aromatic nitrogens is 3. The lowest BCUT2D eigenvalue weighted by Crippen LogP contribution is -2.57. The fraction of sp³-hybridized carbons (Fsp3) is 0.333.